The van der Waals surface area contributed by atoms with Gasteiger partial charge in [0.25, 0.3) is 5.91 Å². The number of aliphatic hydroxyl groups excluding tert-OH is 3. The zero-order valence-corrected chi connectivity index (χ0v) is 17.4. The molecule has 0 saturated heterocycles. The largest absolute Gasteiger partial charge is 0.511 e. The number of Topliss-reactive ketones (excluding diaryl/α,β-unsaturated/α-hetero) is 2. The SMILES string of the molecule is C/C=C/c1cc(O)c2c(c1)C(C)C1C(=C(O)[C@]3(O)C(=O)C(C(N)=O)=C(O)CC3C1O)C2=O. The number of allylic oxidation sites excluding steroid dienone is 2. The van der Waals surface area contributed by atoms with Crippen LogP contribution < -0.4 is 5.73 Å². The summed E-state index contributed by atoms with van der Waals surface area (Å²) in [5.41, 5.74) is 1.99. The van der Waals surface area contributed by atoms with Crippen molar-refractivity contribution in [3.63, 3.8) is 0 Å². The summed E-state index contributed by atoms with van der Waals surface area (Å²) in [6.45, 7) is 3.47. The summed E-state index contributed by atoms with van der Waals surface area (Å²) in [7, 11) is 0. The molecule has 3 aliphatic rings. The molecule has 5 atom stereocenters. The molecule has 32 heavy (non-hydrogen) atoms. The quantitative estimate of drug-likeness (QED) is 0.370. The number of ketones is 2. The van der Waals surface area contributed by atoms with E-state index in [1.807, 2.05) is 0 Å². The number of aliphatic hydroxyl groups is 4. The number of rotatable bonds is 2. The van der Waals surface area contributed by atoms with E-state index in [0.717, 1.165) is 0 Å². The van der Waals surface area contributed by atoms with Crippen LogP contribution >= 0.6 is 0 Å². The minimum atomic E-state index is -2.82. The first-order valence-corrected chi connectivity index (χ1v) is 10.1. The molecule has 0 aliphatic heterocycles. The second-order valence-corrected chi connectivity index (χ2v) is 8.49. The maximum atomic E-state index is 13.4. The number of primary amides is 1. The lowest BCUT2D eigenvalue weighted by atomic mass is 9.56. The Bertz CT molecular complexity index is 1180. The summed E-state index contributed by atoms with van der Waals surface area (Å²) in [4.78, 5) is 38.0. The average Bonchev–Trinajstić information content (AvgIpc) is 2.71. The summed E-state index contributed by atoms with van der Waals surface area (Å²) >= 11 is 0. The minimum Gasteiger partial charge on any atom is -0.511 e. The van der Waals surface area contributed by atoms with Crippen LogP contribution in [0.25, 0.3) is 6.08 Å². The Morgan fingerprint density at radius 3 is 2.47 bits per heavy atom. The second-order valence-electron chi connectivity index (χ2n) is 8.49. The van der Waals surface area contributed by atoms with Gasteiger partial charge in [-0.3, -0.25) is 14.4 Å². The van der Waals surface area contributed by atoms with Gasteiger partial charge in [0.2, 0.25) is 5.78 Å². The van der Waals surface area contributed by atoms with Crippen LogP contribution in [0.5, 0.6) is 5.75 Å². The Labute approximate surface area is 182 Å². The lowest BCUT2D eigenvalue weighted by Gasteiger charge is -2.50. The van der Waals surface area contributed by atoms with Crippen LogP contribution in [0.1, 0.15) is 47.7 Å². The smallest absolute Gasteiger partial charge is 0.255 e. The molecular weight excluding hydrogens is 418 g/mol. The molecular formula is C23H23NO8. The van der Waals surface area contributed by atoms with Gasteiger partial charge in [-0.2, -0.15) is 0 Å². The Balaban J connectivity index is 1.98. The number of hydrogen-bond donors (Lipinski definition) is 6. The fraction of sp³-hybridized carbons (Fsp3) is 0.348. The van der Waals surface area contributed by atoms with Crippen LogP contribution in [0.2, 0.25) is 0 Å². The topological polar surface area (TPSA) is 178 Å². The van der Waals surface area contributed by atoms with Crippen molar-refractivity contribution in [2.24, 2.45) is 17.6 Å². The highest BCUT2D eigenvalue weighted by molar-refractivity contribution is 6.24. The maximum absolute atomic E-state index is 13.4. The van der Waals surface area contributed by atoms with Gasteiger partial charge in [0.15, 0.2) is 11.4 Å². The third-order valence-electron chi connectivity index (χ3n) is 6.82. The van der Waals surface area contributed by atoms with Gasteiger partial charge < -0.3 is 31.3 Å². The van der Waals surface area contributed by atoms with Crippen LogP contribution in [0.15, 0.2) is 40.9 Å². The van der Waals surface area contributed by atoms with Crippen molar-refractivity contribution in [3.8, 4) is 5.75 Å². The predicted molar refractivity (Wildman–Crippen MR) is 112 cm³/mol. The summed E-state index contributed by atoms with van der Waals surface area (Å²) < 4.78 is 0. The van der Waals surface area contributed by atoms with Crippen LogP contribution in [0.4, 0.5) is 0 Å². The van der Waals surface area contributed by atoms with Crippen LogP contribution in [0, 0.1) is 11.8 Å². The number of fused-ring (bicyclic) bond motifs is 3. The monoisotopic (exact) mass is 441 g/mol. The molecule has 7 N–H and O–H groups in total. The summed E-state index contributed by atoms with van der Waals surface area (Å²) in [6, 6.07) is 3.06. The molecule has 9 nitrogen and oxygen atoms in total. The van der Waals surface area contributed by atoms with E-state index in [-0.39, 0.29) is 11.3 Å². The normalized spacial score (nSPS) is 32.1. The molecule has 9 heteroatoms. The molecule has 0 saturated carbocycles. The van der Waals surface area contributed by atoms with E-state index < -0.39 is 76.0 Å². The highest BCUT2D eigenvalue weighted by Gasteiger charge is 2.64. The first kappa shape index (κ1) is 21.8. The first-order chi connectivity index (χ1) is 15.0. The van der Waals surface area contributed by atoms with E-state index in [9.17, 15) is 39.9 Å². The number of phenolic OH excluding ortho intramolecular Hbond substituents is 1. The molecule has 0 spiro atoms. The number of hydrogen-bond acceptors (Lipinski definition) is 8. The third kappa shape index (κ3) is 2.61. The Kier molecular flexibility index (Phi) is 4.80. The van der Waals surface area contributed by atoms with Gasteiger partial charge in [0.05, 0.1) is 11.7 Å². The number of aromatic hydroxyl groups is 1. The van der Waals surface area contributed by atoms with E-state index in [1.165, 1.54) is 6.07 Å². The van der Waals surface area contributed by atoms with Crippen LogP contribution in [-0.4, -0.2) is 54.7 Å². The van der Waals surface area contributed by atoms with Crippen molar-refractivity contribution in [1.29, 1.82) is 0 Å². The van der Waals surface area contributed by atoms with E-state index in [4.69, 9.17) is 5.73 Å². The van der Waals surface area contributed by atoms with E-state index in [1.54, 1.807) is 32.1 Å². The van der Waals surface area contributed by atoms with E-state index in [2.05, 4.69) is 0 Å². The lowest BCUT2D eigenvalue weighted by molar-refractivity contribution is -0.154. The van der Waals surface area contributed by atoms with Gasteiger partial charge >= 0.3 is 0 Å². The molecule has 0 aromatic heterocycles. The zero-order valence-electron chi connectivity index (χ0n) is 17.4. The third-order valence-corrected chi connectivity index (χ3v) is 6.82. The average molecular weight is 441 g/mol. The van der Waals surface area contributed by atoms with Gasteiger partial charge in [-0.25, -0.2) is 0 Å². The van der Waals surface area contributed by atoms with Gasteiger partial charge in [-0.05, 0) is 30.0 Å². The minimum absolute atomic E-state index is 0.102. The van der Waals surface area contributed by atoms with E-state index in [0.29, 0.717) is 11.1 Å². The van der Waals surface area contributed by atoms with E-state index >= 15 is 0 Å². The number of carbonyl (C=O) groups excluding carboxylic acids is 3. The number of benzene rings is 1. The number of phenols is 1. The summed E-state index contributed by atoms with van der Waals surface area (Å²) in [5, 5.41) is 54.1. The predicted octanol–water partition coefficient (Wildman–Crippen LogP) is 1.15. The summed E-state index contributed by atoms with van der Waals surface area (Å²) in [6.07, 6.45) is 1.44. The van der Waals surface area contributed by atoms with Crippen molar-refractivity contribution in [2.45, 2.75) is 37.9 Å². The van der Waals surface area contributed by atoms with Gasteiger partial charge in [-0.1, -0.05) is 25.1 Å². The molecule has 1 aromatic rings. The van der Waals surface area contributed by atoms with Gasteiger partial charge in [0, 0.05) is 23.8 Å². The number of carbonyl (C=O) groups is 3. The maximum Gasteiger partial charge on any atom is 0.255 e. The molecule has 0 radical (unpaired) electrons. The molecule has 4 rings (SSSR count). The van der Waals surface area contributed by atoms with Crippen molar-refractivity contribution < 1.29 is 39.9 Å². The summed E-state index contributed by atoms with van der Waals surface area (Å²) in [5.74, 6) is -8.65. The molecule has 168 valence electrons. The molecule has 0 heterocycles. The molecule has 0 fully saturated rings. The van der Waals surface area contributed by atoms with Crippen LogP contribution in [0.3, 0.4) is 0 Å². The lowest BCUT2D eigenvalue weighted by Crippen LogP contribution is -2.62. The zero-order chi connectivity index (χ0) is 23.7. The Hall–Kier alpha value is -3.43. The fourth-order valence-corrected chi connectivity index (χ4v) is 5.34. The highest BCUT2D eigenvalue weighted by Crippen LogP contribution is 2.54. The van der Waals surface area contributed by atoms with Crippen molar-refractivity contribution >= 4 is 23.5 Å². The van der Waals surface area contributed by atoms with Crippen molar-refractivity contribution in [1.82, 2.24) is 0 Å². The Morgan fingerprint density at radius 2 is 1.88 bits per heavy atom. The second kappa shape index (κ2) is 7.04. The molecule has 1 aromatic carbocycles. The van der Waals surface area contributed by atoms with Gasteiger partial charge in [0.1, 0.15) is 22.8 Å². The number of amides is 1. The van der Waals surface area contributed by atoms with Crippen molar-refractivity contribution in [3.05, 3.63) is 57.6 Å². The Morgan fingerprint density at radius 1 is 1.22 bits per heavy atom. The molecule has 4 unspecified atom stereocenters. The van der Waals surface area contributed by atoms with Crippen LogP contribution in [-0.2, 0) is 9.59 Å². The highest BCUT2D eigenvalue weighted by atomic mass is 16.4. The molecule has 1 amide bonds. The van der Waals surface area contributed by atoms with Crippen molar-refractivity contribution in [2.75, 3.05) is 0 Å². The first-order valence-electron chi connectivity index (χ1n) is 10.1. The number of nitrogens with two attached hydrogens (primary N) is 1. The van der Waals surface area contributed by atoms with Gasteiger partial charge in [-0.15, -0.1) is 0 Å². The standard InChI is InChI=1S/C23H23NO8/c1-3-4-9-5-10-8(2)14-17(19(28)15(10)12(25)6-9)21(30)23(32)11(18(14)27)7-13(26)16(20(23)29)22(24)31/h3-6,8,11,14,18,25-27,30,32H,7H2,1-2H3,(H2,24,31)/b4-3+/t8?,11?,14?,18?,23-/m1/s1. The molecule has 3 aliphatic carbocycles. The molecule has 0 bridgehead atoms. The fourth-order valence-electron chi connectivity index (χ4n) is 5.34.